The Kier molecular flexibility index (Phi) is 4.76. The van der Waals surface area contributed by atoms with E-state index in [-0.39, 0.29) is 18.3 Å². The lowest BCUT2D eigenvalue weighted by Crippen LogP contribution is -3.16. The number of halogens is 1. The van der Waals surface area contributed by atoms with E-state index >= 15 is 0 Å². The Bertz CT molecular complexity index is 475. The molecule has 1 unspecified atom stereocenters. The van der Waals surface area contributed by atoms with E-state index in [1.807, 2.05) is 31.3 Å². The molecular weight excluding hydrogens is 359 g/mol. The van der Waals surface area contributed by atoms with Crippen molar-refractivity contribution in [3.05, 3.63) is 27.8 Å². The molecule has 1 fully saturated rings. The number of esters is 1. The molecule has 1 amide bonds. The Morgan fingerprint density at radius 1 is 1.47 bits per heavy atom. The van der Waals surface area contributed by atoms with Gasteiger partial charge in [-0.3, -0.25) is 4.79 Å². The largest absolute Gasteiger partial charge is 0.455 e. The first-order valence-electron chi connectivity index (χ1n) is 6.10. The molecule has 0 radical (unpaired) electrons. The number of rotatable bonds is 3. The lowest BCUT2D eigenvalue weighted by atomic mass is 10.1. The van der Waals surface area contributed by atoms with Crippen LogP contribution in [0.5, 0.6) is 0 Å². The van der Waals surface area contributed by atoms with Gasteiger partial charge in [-0.05, 0) is 46.9 Å². The van der Waals surface area contributed by atoms with E-state index in [1.54, 1.807) is 0 Å². The molecule has 102 valence electrons. The van der Waals surface area contributed by atoms with Crippen LogP contribution in [0, 0.1) is 3.57 Å². The number of likely N-dealkylation sites (N-methyl/N-ethyl adjacent to an activating group) is 1. The monoisotopic (exact) mass is 375 g/mol. The number of anilines is 1. The van der Waals surface area contributed by atoms with Crippen molar-refractivity contribution in [2.45, 2.75) is 12.5 Å². The fourth-order valence-corrected chi connectivity index (χ4v) is 2.34. The van der Waals surface area contributed by atoms with Gasteiger partial charge < -0.3 is 15.0 Å². The van der Waals surface area contributed by atoms with Gasteiger partial charge in [-0.25, -0.2) is 4.79 Å². The second-order valence-electron chi connectivity index (χ2n) is 4.58. The van der Waals surface area contributed by atoms with Gasteiger partial charge in [-0.2, -0.15) is 0 Å². The van der Waals surface area contributed by atoms with Gasteiger partial charge in [0.05, 0.1) is 13.5 Å². The molecule has 19 heavy (non-hydrogen) atoms. The summed E-state index contributed by atoms with van der Waals surface area (Å²) in [5, 5.41) is 2.79. The third-order valence-corrected chi connectivity index (χ3v) is 3.86. The first kappa shape index (κ1) is 14.3. The Labute approximate surface area is 125 Å². The lowest BCUT2D eigenvalue weighted by Gasteiger charge is -2.27. The van der Waals surface area contributed by atoms with E-state index in [2.05, 4.69) is 27.9 Å². The highest BCUT2D eigenvalue weighted by atomic mass is 127. The zero-order valence-electron chi connectivity index (χ0n) is 10.6. The number of nitrogens with one attached hydrogen (secondary N) is 2. The van der Waals surface area contributed by atoms with Gasteiger partial charge in [0, 0.05) is 9.26 Å². The third kappa shape index (κ3) is 3.90. The van der Waals surface area contributed by atoms with Crippen LogP contribution in [0.4, 0.5) is 5.69 Å². The van der Waals surface area contributed by atoms with Gasteiger partial charge >= 0.3 is 5.97 Å². The van der Waals surface area contributed by atoms with Crippen molar-refractivity contribution in [2.75, 3.05) is 25.5 Å². The van der Waals surface area contributed by atoms with Crippen LogP contribution in [0.2, 0.25) is 0 Å². The standard InChI is InChI=1S/C13H15IN2O3/c1-16-6-7-19-13(18)11(16)8-12(17)15-10-4-2-9(14)3-5-10/h2-5,11H,6-8H2,1H3,(H,15,17)/p+1/t11-/m1/s1. The highest BCUT2D eigenvalue weighted by Gasteiger charge is 2.34. The zero-order chi connectivity index (χ0) is 13.8. The van der Waals surface area contributed by atoms with Crippen LogP contribution in [-0.4, -0.2) is 38.1 Å². The van der Waals surface area contributed by atoms with Crippen molar-refractivity contribution in [1.29, 1.82) is 0 Å². The molecule has 5 nitrogen and oxygen atoms in total. The molecular formula is C13H16IN2O3+. The van der Waals surface area contributed by atoms with Crippen LogP contribution in [0.15, 0.2) is 24.3 Å². The lowest BCUT2D eigenvalue weighted by molar-refractivity contribution is -0.901. The van der Waals surface area contributed by atoms with Gasteiger partial charge in [-0.1, -0.05) is 0 Å². The predicted octanol–water partition coefficient (Wildman–Crippen LogP) is 0.0599. The molecule has 2 N–H and O–H groups in total. The number of carbonyl (C=O) groups excluding carboxylic acids is 2. The SMILES string of the molecule is C[NH+]1CCOC(=O)[C@H]1CC(=O)Nc1ccc(I)cc1. The summed E-state index contributed by atoms with van der Waals surface area (Å²) < 4.78 is 6.09. The number of morpholine rings is 1. The molecule has 0 saturated carbocycles. The number of carbonyl (C=O) groups is 2. The van der Waals surface area contributed by atoms with Crippen LogP contribution >= 0.6 is 22.6 Å². The molecule has 6 heteroatoms. The number of benzene rings is 1. The number of quaternary nitrogens is 1. The summed E-state index contributed by atoms with van der Waals surface area (Å²) in [6, 6.07) is 7.12. The highest BCUT2D eigenvalue weighted by Crippen LogP contribution is 2.11. The second kappa shape index (κ2) is 6.33. The minimum absolute atomic E-state index is 0.149. The maximum atomic E-state index is 11.9. The van der Waals surface area contributed by atoms with Crippen molar-refractivity contribution in [2.24, 2.45) is 0 Å². The molecule has 0 aliphatic carbocycles. The van der Waals surface area contributed by atoms with Crippen LogP contribution in [0.1, 0.15) is 6.42 Å². The van der Waals surface area contributed by atoms with Gasteiger partial charge in [-0.15, -0.1) is 0 Å². The number of cyclic esters (lactones) is 1. The Hall–Kier alpha value is -1.15. The fraction of sp³-hybridized carbons (Fsp3) is 0.385. The molecule has 0 spiro atoms. The molecule has 1 aromatic rings. The summed E-state index contributed by atoms with van der Waals surface area (Å²) in [5.41, 5.74) is 0.743. The van der Waals surface area contributed by atoms with E-state index in [0.717, 1.165) is 20.7 Å². The van der Waals surface area contributed by atoms with Crippen LogP contribution in [-0.2, 0) is 14.3 Å². The predicted molar refractivity (Wildman–Crippen MR) is 78.9 cm³/mol. The summed E-state index contributed by atoms with van der Waals surface area (Å²) >= 11 is 2.20. The molecule has 2 atom stereocenters. The number of ether oxygens (including phenoxy) is 1. The molecule has 1 saturated heterocycles. The minimum Gasteiger partial charge on any atom is -0.455 e. The Morgan fingerprint density at radius 3 is 2.79 bits per heavy atom. The topological polar surface area (TPSA) is 59.8 Å². The van der Waals surface area contributed by atoms with Crippen molar-refractivity contribution in [3.63, 3.8) is 0 Å². The maximum Gasteiger partial charge on any atom is 0.365 e. The van der Waals surface area contributed by atoms with Crippen LogP contribution in [0.3, 0.4) is 0 Å². The highest BCUT2D eigenvalue weighted by molar-refractivity contribution is 14.1. The fourth-order valence-electron chi connectivity index (χ4n) is 1.98. The van der Waals surface area contributed by atoms with E-state index < -0.39 is 6.04 Å². The van der Waals surface area contributed by atoms with E-state index in [4.69, 9.17) is 4.74 Å². The Balaban J connectivity index is 1.93. The smallest absolute Gasteiger partial charge is 0.365 e. The summed E-state index contributed by atoms with van der Waals surface area (Å²) in [5.74, 6) is -0.453. The Morgan fingerprint density at radius 2 is 2.16 bits per heavy atom. The average molecular weight is 375 g/mol. The van der Waals surface area contributed by atoms with Crippen molar-refractivity contribution in [3.8, 4) is 0 Å². The van der Waals surface area contributed by atoms with Crippen molar-refractivity contribution < 1.29 is 19.2 Å². The van der Waals surface area contributed by atoms with E-state index in [9.17, 15) is 9.59 Å². The number of hydrogen-bond donors (Lipinski definition) is 2. The van der Waals surface area contributed by atoms with Crippen molar-refractivity contribution in [1.82, 2.24) is 0 Å². The minimum atomic E-state index is -0.405. The summed E-state index contributed by atoms with van der Waals surface area (Å²) in [7, 11) is 1.91. The van der Waals surface area contributed by atoms with E-state index in [1.165, 1.54) is 0 Å². The van der Waals surface area contributed by atoms with Gasteiger partial charge in [0.2, 0.25) is 5.91 Å². The summed E-state index contributed by atoms with van der Waals surface area (Å²) in [4.78, 5) is 24.6. The first-order chi connectivity index (χ1) is 9.06. The van der Waals surface area contributed by atoms with Gasteiger partial charge in [0.1, 0.15) is 13.2 Å². The molecule has 1 aliphatic heterocycles. The van der Waals surface area contributed by atoms with E-state index in [0.29, 0.717) is 6.61 Å². The van der Waals surface area contributed by atoms with Gasteiger partial charge in [0.15, 0.2) is 6.04 Å². The molecule has 1 heterocycles. The van der Waals surface area contributed by atoms with Crippen LogP contribution < -0.4 is 10.2 Å². The summed E-state index contributed by atoms with van der Waals surface area (Å²) in [6.07, 6.45) is 0.149. The molecule has 1 aliphatic rings. The quantitative estimate of drug-likeness (QED) is 0.581. The maximum absolute atomic E-state index is 11.9. The molecule has 1 aromatic carbocycles. The summed E-state index contributed by atoms with van der Waals surface area (Å²) in [6.45, 7) is 1.17. The molecule has 2 rings (SSSR count). The average Bonchev–Trinajstić information content (AvgIpc) is 2.37. The number of hydrogen-bond acceptors (Lipinski definition) is 3. The van der Waals surface area contributed by atoms with Crippen molar-refractivity contribution >= 4 is 40.2 Å². The van der Waals surface area contributed by atoms with Crippen LogP contribution in [0.25, 0.3) is 0 Å². The first-order valence-corrected chi connectivity index (χ1v) is 7.18. The van der Waals surface area contributed by atoms with Gasteiger partial charge in [0.25, 0.3) is 0 Å². The normalized spacial score (nSPS) is 22.7. The zero-order valence-corrected chi connectivity index (χ0v) is 12.8. The molecule has 0 aromatic heterocycles. The third-order valence-electron chi connectivity index (χ3n) is 3.14. The second-order valence-corrected chi connectivity index (χ2v) is 5.82. The molecule has 0 bridgehead atoms. The number of amides is 1.